The Bertz CT molecular complexity index is 502. The molecule has 6 heteroatoms. The molecule has 2 bridgehead atoms. The second kappa shape index (κ2) is 4.86. The Labute approximate surface area is 131 Å². The monoisotopic (exact) mass is 389 g/mol. The summed E-state index contributed by atoms with van der Waals surface area (Å²) in [5.74, 6) is -0.246. The van der Waals surface area contributed by atoms with Crippen LogP contribution in [-0.4, -0.2) is 28.6 Å². The van der Waals surface area contributed by atoms with E-state index in [0.29, 0.717) is 13.0 Å². The number of hydrogen-bond donors (Lipinski definition) is 0. The van der Waals surface area contributed by atoms with Gasteiger partial charge >= 0.3 is 11.9 Å². The van der Waals surface area contributed by atoms with Gasteiger partial charge in [0, 0.05) is 11.8 Å². The highest BCUT2D eigenvalue weighted by molar-refractivity contribution is 14.1. The molecule has 108 valence electrons. The van der Waals surface area contributed by atoms with Crippen molar-refractivity contribution < 1.29 is 19.1 Å². The largest absolute Gasteiger partial charge is 0.464 e. The Hall–Kier alpha value is -0.840. The zero-order chi connectivity index (χ0) is 14.5. The van der Waals surface area contributed by atoms with Crippen molar-refractivity contribution in [2.24, 2.45) is 23.2 Å². The van der Waals surface area contributed by atoms with Gasteiger partial charge in [0.15, 0.2) is 5.41 Å². The van der Waals surface area contributed by atoms with Crippen LogP contribution in [0.5, 0.6) is 0 Å². The van der Waals surface area contributed by atoms with Gasteiger partial charge in [-0.25, -0.2) is 0 Å². The lowest BCUT2D eigenvalue weighted by Gasteiger charge is -2.27. The number of esters is 2. The minimum atomic E-state index is -0.912. The summed E-state index contributed by atoms with van der Waals surface area (Å²) in [6.07, 6.45) is 1.91. The van der Waals surface area contributed by atoms with Gasteiger partial charge in [0.2, 0.25) is 0 Å². The zero-order valence-corrected chi connectivity index (χ0v) is 13.3. The fourth-order valence-corrected chi connectivity index (χ4v) is 4.14. The maximum Gasteiger partial charge on any atom is 0.327 e. The van der Waals surface area contributed by atoms with Crippen LogP contribution in [0.25, 0.3) is 0 Å². The van der Waals surface area contributed by atoms with E-state index in [0.717, 1.165) is 12.8 Å². The van der Waals surface area contributed by atoms with Crippen LogP contribution in [0.2, 0.25) is 0 Å². The molecule has 6 atom stereocenters. The molecule has 3 fully saturated rings. The Morgan fingerprint density at radius 2 is 2.45 bits per heavy atom. The van der Waals surface area contributed by atoms with Crippen molar-refractivity contribution in [3.8, 4) is 6.07 Å². The Morgan fingerprint density at radius 1 is 1.70 bits per heavy atom. The highest BCUT2D eigenvalue weighted by atomic mass is 127. The molecule has 20 heavy (non-hydrogen) atoms. The number of rotatable bonds is 4. The first-order valence-electron chi connectivity index (χ1n) is 6.96. The zero-order valence-electron chi connectivity index (χ0n) is 11.2. The second-order valence-corrected chi connectivity index (χ2v) is 7.43. The van der Waals surface area contributed by atoms with E-state index in [1.54, 1.807) is 0 Å². The van der Waals surface area contributed by atoms with E-state index in [9.17, 15) is 14.9 Å². The highest BCUT2D eigenvalue weighted by Crippen LogP contribution is 2.63. The molecular formula is C14H16INO4. The van der Waals surface area contributed by atoms with Gasteiger partial charge in [-0.1, -0.05) is 29.5 Å². The lowest BCUT2D eigenvalue weighted by atomic mass is 9.72. The van der Waals surface area contributed by atoms with Crippen molar-refractivity contribution in [3.05, 3.63) is 0 Å². The van der Waals surface area contributed by atoms with Crippen LogP contribution >= 0.6 is 22.6 Å². The Kier molecular flexibility index (Phi) is 3.43. The smallest absolute Gasteiger partial charge is 0.327 e. The Morgan fingerprint density at radius 3 is 3.10 bits per heavy atom. The molecule has 0 aromatic rings. The van der Waals surface area contributed by atoms with Crippen molar-refractivity contribution in [2.45, 2.75) is 36.2 Å². The predicted octanol–water partition coefficient (Wildman–Crippen LogP) is 1.83. The van der Waals surface area contributed by atoms with Gasteiger partial charge in [-0.2, -0.15) is 5.26 Å². The predicted molar refractivity (Wildman–Crippen MR) is 76.7 cm³/mol. The summed E-state index contributed by atoms with van der Waals surface area (Å²) >= 11 is 2.07. The van der Waals surface area contributed by atoms with Gasteiger partial charge in [0.05, 0.1) is 12.7 Å². The molecule has 3 rings (SSSR count). The van der Waals surface area contributed by atoms with Crippen molar-refractivity contribution in [3.63, 3.8) is 0 Å². The minimum absolute atomic E-state index is 0.00437. The van der Waals surface area contributed by atoms with Crippen LogP contribution in [-0.2, 0) is 19.1 Å². The number of ether oxygens (including phenoxy) is 2. The summed E-state index contributed by atoms with van der Waals surface area (Å²) < 4.78 is 10.6. The van der Waals surface area contributed by atoms with Crippen LogP contribution < -0.4 is 0 Å². The maximum absolute atomic E-state index is 11.9. The van der Waals surface area contributed by atoms with Crippen molar-refractivity contribution in [2.75, 3.05) is 6.61 Å². The number of hydrogen-bond acceptors (Lipinski definition) is 5. The summed E-state index contributed by atoms with van der Waals surface area (Å²) in [6.45, 7) is 2.24. The summed E-state index contributed by atoms with van der Waals surface area (Å²) in [6, 6.07) is 2.18. The molecule has 0 amide bonds. The number of nitrogens with zero attached hydrogens (tertiary/aromatic N) is 1. The molecule has 3 aliphatic rings. The number of carbonyl (C=O) groups is 2. The molecule has 0 N–H and O–H groups in total. The van der Waals surface area contributed by atoms with E-state index in [4.69, 9.17) is 9.47 Å². The van der Waals surface area contributed by atoms with Crippen molar-refractivity contribution >= 4 is 34.5 Å². The normalized spacial score (nSPS) is 42.1. The lowest BCUT2D eigenvalue weighted by Crippen LogP contribution is -2.36. The third-order valence-electron chi connectivity index (χ3n) is 5.04. The first kappa shape index (κ1) is 14.1. The summed E-state index contributed by atoms with van der Waals surface area (Å²) in [5, 5.41) is 9.31. The van der Waals surface area contributed by atoms with E-state index in [2.05, 4.69) is 28.7 Å². The van der Waals surface area contributed by atoms with Crippen LogP contribution in [0.3, 0.4) is 0 Å². The van der Waals surface area contributed by atoms with E-state index in [1.807, 2.05) is 6.92 Å². The first-order chi connectivity index (χ1) is 9.53. The van der Waals surface area contributed by atoms with E-state index in [-0.39, 0.29) is 39.7 Å². The van der Waals surface area contributed by atoms with Crippen molar-refractivity contribution in [1.29, 1.82) is 5.26 Å². The standard InChI is InChI=1S/C14H16INO4/c1-2-10(15)12(17)19-5-8-7-3-9-11(8)20-13(18)14(9,4-7)6-16/h7-11H,2-5H2,1H3/t7-,8?,9?,10?,11?,14?/m0/s1. The van der Waals surface area contributed by atoms with E-state index in [1.165, 1.54) is 0 Å². The van der Waals surface area contributed by atoms with Crippen LogP contribution in [0.1, 0.15) is 26.2 Å². The molecule has 5 nitrogen and oxygen atoms in total. The molecule has 0 aromatic carbocycles. The topological polar surface area (TPSA) is 76.4 Å². The fraction of sp³-hybridized carbons (Fsp3) is 0.786. The number of alkyl halides is 1. The Balaban J connectivity index is 1.67. The van der Waals surface area contributed by atoms with Crippen LogP contribution in [0.15, 0.2) is 0 Å². The van der Waals surface area contributed by atoms with Gasteiger partial charge in [0.25, 0.3) is 0 Å². The summed E-state index contributed by atoms with van der Waals surface area (Å²) in [7, 11) is 0. The van der Waals surface area contributed by atoms with Gasteiger partial charge in [-0.15, -0.1) is 0 Å². The molecule has 0 spiro atoms. The average molecular weight is 389 g/mol. The SMILES string of the molecule is CCC(I)C(=O)OCC1C2OC(=O)C3(C#N)C[C@@H]1CC23. The summed E-state index contributed by atoms with van der Waals surface area (Å²) in [5.41, 5.74) is -0.912. The van der Waals surface area contributed by atoms with Gasteiger partial charge in [-0.3, -0.25) is 9.59 Å². The van der Waals surface area contributed by atoms with E-state index < -0.39 is 5.41 Å². The third-order valence-corrected chi connectivity index (χ3v) is 6.43. The molecule has 0 radical (unpaired) electrons. The molecule has 5 unspecified atom stereocenters. The second-order valence-electron chi connectivity index (χ2n) is 5.93. The fourth-order valence-electron chi connectivity index (χ4n) is 3.96. The first-order valence-corrected chi connectivity index (χ1v) is 8.21. The lowest BCUT2D eigenvalue weighted by molar-refractivity contribution is -0.149. The van der Waals surface area contributed by atoms with E-state index >= 15 is 0 Å². The molecule has 2 aliphatic carbocycles. The van der Waals surface area contributed by atoms with Crippen molar-refractivity contribution in [1.82, 2.24) is 0 Å². The minimum Gasteiger partial charge on any atom is -0.464 e. The highest BCUT2D eigenvalue weighted by Gasteiger charge is 2.71. The molecule has 2 saturated carbocycles. The molecule has 1 saturated heterocycles. The maximum atomic E-state index is 11.9. The van der Waals surface area contributed by atoms with Gasteiger partial charge in [0.1, 0.15) is 10.0 Å². The number of carbonyl (C=O) groups excluding carboxylic acids is 2. The number of nitriles is 1. The van der Waals surface area contributed by atoms with Crippen LogP contribution in [0.4, 0.5) is 0 Å². The number of halogens is 1. The molecule has 0 aromatic heterocycles. The molecule has 1 aliphatic heterocycles. The van der Waals surface area contributed by atoms with Crippen LogP contribution in [0, 0.1) is 34.5 Å². The summed E-state index contributed by atoms with van der Waals surface area (Å²) in [4.78, 5) is 23.7. The molecular weight excluding hydrogens is 373 g/mol. The third kappa shape index (κ3) is 1.78. The number of fused-ring (bicyclic) bond motifs is 1. The average Bonchev–Trinajstić information content (AvgIpc) is 3.04. The molecule has 1 heterocycles. The quantitative estimate of drug-likeness (QED) is 0.417. The van der Waals surface area contributed by atoms with Gasteiger partial charge < -0.3 is 9.47 Å². The van der Waals surface area contributed by atoms with Gasteiger partial charge in [-0.05, 0) is 25.2 Å².